The highest BCUT2D eigenvalue weighted by Crippen LogP contribution is 2.22. The first kappa shape index (κ1) is 13.7. The Balaban J connectivity index is 2.74. The highest BCUT2D eigenvalue weighted by Gasteiger charge is 2.15. The number of rotatable bonds is 2. The lowest BCUT2D eigenvalue weighted by atomic mass is 10.2. The Morgan fingerprint density at radius 2 is 1.94 bits per heavy atom. The van der Waals surface area contributed by atoms with Crippen LogP contribution in [0.5, 0.6) is 0 Å². The monoisotopic (exact) mass is 349 g/mol. The summed E-state index contributed by atoms with van der Waals surface area (Å²) in [7, 11) is 0. The van der Waals surface area contributed by atoms with Crippen LogP contribution in [0.15, 0.2) is 27.1 Å². The van der Waals surface area contributed by atoms with E-state index in [2.05, 4.69) is 37.3 Å². The molecule has 1 N–H and O–H groups in total. The quantitative estimate of drug-likeness (QED) is 0.826. The number of nitrogens with one attached hydrogen (secondary N) is 1. The fraction of sp³-hybridized carbons (Fsp3) is 0.364. The molecule has 16 heavy (non-hydrogen) atoms. The molecule has 0 fully saturated rings. The normalized spacial score (nSPS) is 11.3. The lowest BCUT2D eigenvalue weighted by Gasteiger charge is -2.19. The van der Waals surface area contributed by atoms with E-state index in [1.54, 1.807) is 12.1 Å². The van der Waals surface area contributed by atoms with Crippen molar-refractivity contribution in [3.63, 3.8) is 0 Å². The zero-order valence-electron chi connectivity index (χ0n) is 9.30. The van der Waals surface area contributed by atoms with E-state index in [1.807, 2.05) is 26.8 Å². The van der Waals surface area contributed by atoms with Gasteiger partial charge in [0.15, 0.2) is 0 Å². The second-order valence-corrected chi connectivity index (χ2v) is 6.04. The van der Waals surface area contributed by atoms with Gasteiger partial charge in [-0.1, -0.05) is 15.9 Å². The summed E-state index contributed by atoms with van der Waals surface area (Å²) in [6.07, 6.45) is 0. The Morgan fingerprint density at radius 1 is 1.31 bits per heavy atom. The number of carbonyl (C=O) groups excluding carboxylic acids is 1. The number of hydrogen-bond acceptors (Lipinski definition) is 2. The van der Waals surface area contributed by atoms with E-state index < -0.39 is 5.60 Å². The Hall–Kier alpha value is -0.390. The van der Waals surface area contributed by atoms with E-state index in [-0.39, 0.29) is 5.91 Å². The fourth-order valence-corrected chi connectivity index (χ4v) is 2.16. The maximum Gasteiger partial charge on any atom is 0.276 e. The first-order valence-electron chi connectivity index (χ1n) is 4.73. The average molecular weight is 351 g/mol. The largest absolute Gasteiger partial charge is 0.276 e. The van der Waals surface area contributed by atoms with Gasteiger partial charge in [0.25, 0.3) is 5.91 Å². The summed E-state index contributed by atoms with van der Waals surface area (Å²) in [5, 5.41) is 0. The summed E-state index contributed by atoms with van der Waals surface area (Å²) in [4.78, 5) is 16.9. The number of hydrogen-bond donors (Lipinski definition) is 1. The van der Waals surface area contributed by atoms with E-state index >= 15 is 0 Å². The molecule has 0 atom stereocenters. The smallest absolute Gasteiger partial charge is 0.268 e. The number of benzene rings is 1. The van der Waals surface area contributed by atoms with Crippen LogP contribution in [-0.2, 0) is 4.84 Å². The topological polar surface area (TPSA) is 38.3 Å². The molecular weight excluding hydrogens is 338 g/mol. The Kier molecular flexibility index (Phi) is 4.52. The Morgan fingerprint density at radius 3 is 2.44 bits per heavy atom. The molecule has 0 bridgehead atoms. The standard InChI is InChI=1S/C11H13Br2NO2/c1-11(2,3)16-14-10(15)8-5-4-7(12)6-9(8)13/h4-6H,1-3H3,(H,14,15). The molecule has 0 aliphatic rings. The van der Waals surface area contributed by atoms with Crippen molar-refractivity contribution in [2.24, 2.45) is 0 Å². The summed E-state index contributed by atoms with van der Waals surface area (Å²) >= 11 is 6.64. The van der Waals surface area contributed by atoms with Gasteiger partial charge in [-0.2, -0.15) is 0 Å². The van der Waals surface area contributed by atoms with E-state index in [0.717, 1.165) is 8.95 Å². The first-order valence-corrected chi connectivity index (χ1v) is 6.31. The maximum atomic E-state index is 11.7. The third-order valence-corrected chi connectivity index (χ3v) is 2.78. The zero-order valence-corrected chi connectivity index (χ0v) is 12.5. The third-order valence-electron chi connectivity index (χ3n) is 1.63. The van der Waals surface area contributed by atoms with E-state index in [9.17, 15) is 4.79 Å². The molecule has 0 aliphatic carbocycles. The molecule has 1 aromatic carbocycles. The van der Waals surface area contributed by atoms with Crippen LogP contribution in [-0.4, -0.2) is 11.5 Å². The molecule has 5 heteroatoms. The van der Waals surface area contributed by atoms with Crippen LogP contribution in [0.25, 0.3) is 0 Å². The molecule has 0 spiro atoms. The van der Waals surface area contributed by atoms with Crippen molar-refractivity contribution >= 4 is 37.8 Å². The number of halogens is 2. The van der Waals surface area contributed by atoms with Crippen molar-refractivity contribution in [2.75, 3.05) is 0 Å². The van der Waals surface area contributed by atoms with Gasteiger partial charge in [-0.25, -0.2) is 5.48 Å². The van der Waals surface area contributed by atoms with Gasteiger partial charge in [0.1, 0.15) is 0 Å². The second kappa shape index (κ2) is 5.29. The zero-order chi connectivity index (χ0) is 12.3. The van der Waals surface area contributed by atoms with Gasteiger partial charge in [0.05, 0.1) is 11.2 Å². The minimum Gasteiger partial charge on any atom is -0.268 e. The van der Waals surface area contributed by atoms with Crippen molar-refractivity contribution in [3.05, 3.63) is 32.7 Å². The van der Waals surface area contributed by atoms with Gasteiger partial charge in [0, 0.05) is 8.95 Å². The summed E-state index contributed by atoms with van der Waals surface area (Å²) in [5.74, 6) is -0.269. The molecule has 0 unspecified atom stereocenters. The molecule has 0 saturated carbocycles. The first-order chi connectivity index (χ1) is 7.29. The molecule has 0 aromatic heterocycles. The maximum absolute atomic E-state index is 11.7. The molecule has 0 aliphatic heterocycles. The van der Waals surface area contributed by atoms with E-state index in [0.29, 0.717) is 5.56 Å². The van der Waals surface area contributed by atoms with Crippen molar-refractivity contribution in [1.29, 1.82) is 0 Å². The molecular formula is C11H13Br2NO2. The van der Waals surface area contributed by atoms with E-state index in [1.165, 1.54) is 0 Å². The second-order valence-electron chi connectivity index (χ2n) is 4.27. The molecule has 88 valence electrons. The average Bonchev–Trinajstić information content (AvgIpc) is 2.13. The van der Waals surface area contributed by atoms with Crippen LogP contribution >= 0.6 is 31.9 Å². The summed E-state index contributed by atoms with van der Waals surface area (Å²) < 4.78 is 1.63. The van der Waals surface area contributed by atoms with Gasteiger partial charge in [-0.15, -0.1) is 0 Å². The summed E-state index contributed by atoms with van der Waals surface area (Å²) in [6.45, 7) is 5.59. The van der Waals surface area contributed by atoms with Gasteiger partial charge in [0.2, 0.25) is 0 Å². The predicted octanol–water partition coefficient (Wildman–Crippen LogP) is 3.67. The van der Waals surface area contributed by atoms with Crippen molar-refractivity contribution < 1.29 is 9.63 Å². The molecule has 0 heterocycles. The fourth-order valence-electron chi connectivity index (χ4n) is 0.928. The Bertz CT molecular complexity index is 399. The van der Waals surface area contributed by atoms with Gasteiger partial charge in [-0.3, -0.25) is 9.63 Å². The lowest BCUT2D eigenvalue weighted by Crippen LogP contribution is -2.33. The number of carbonyl (C=O) groups is 1. The van der Waals surface area contributed by atoms with Crippen LogP contribution in [0.3, 0.4) is 0 Å². The minimum absolute atomic E-state index is 0.269. The minimum atomic E-state index is -0.405. The van der Waals surface area contributed by atoms with Gasteiger partial charge >= 0.3 is 0 Å². The van der Waals surface area contributed by atoms with Crippen LogP contribution in [0.1, 0.15) is 31.1 Å². The van der Waals surface area contributed by atoms with Crippen LogP contribution in [0.4, 0.5) is 0 Å². The molecule has 1 rings (SSSR count). The Labute approximate surface area is 112 Å². The van der Waals surface area contributed by atoms with E-state index in [4.69, 9.17) is 4.84 Å². The van der Waals surface area contributed by atoms with Crippen LogP contribution in [0.2, 0.25) is 0 Å². The molecule has 0 radical (unpaired) electrons. The third kappa shape index (κ3) is 4.23. The summed E-state index contributed by atoms with van der Waals surface area (Å²) in [6, 6.07) is 5.33. The number of hydroxylamine groups is 1. The lowest BCUT2D eigenvalue weighted by molar-refractivity contribution is -0.0590. The van der Waals surface area contributed by atoms with Gasteiger partial charge < -0.3 is 0 Å². The SMILES string of the molecule is CC(C)(C)ONC(=O)c1ccc(Br)cc1Br. The van der Waals surface area contributed by atoms with Crippen LogP contribution < -0.4 is 5.48 Å². The van der Waals surface area contributed by atoms with Crippen molar-refractivity contribution in [3.8, 4) is 0 Å². The highest BCUT2D eigenvalue weighted by atomic mass is 79.9. The molecule has 3 nitrogen and oxygen atoms in total. The van der Waals surface area contributed by atoms with Gasteiger partial charge in [-0.05, 0) is 54.9 Å². The molecule has 1 amide bonds. The van der Waals surface area contributed by atoms with Crippen LogP contribution in [0, 0.1) is 0 Å². The predicted molar refractivity (Wildman–Crippen MR) is 70.1 cm³/mol. The molecule has 0 saturated heterocycles. The summed E-state index contributed by atoms with van der Waals surface area (Å²) in [5.41, 5.74) is 2.54. The highest BCUT2D eigenvalue weighted by molar-refractivity contribution is 9.11. The van der Waals surface area contributed by atoms with Crippen molar-refractivity contribution in [2.45, 2.75) is 26.4 Å². The molecule has 1 aromatic rings. The number of amides is 1. The van der Waals surface area contributed by atoms with Crippen molar-refractivity contribution in [1.82, 2.24) is 5.48 Å².